The first-order chi connectivity index (χ1) is 7.56. The second-order valence-corrected chi connectivity index (χ2v) is 6.12. The zero-order valence-corrected chi connectivity index (χ0v) is 10.5. The molecule has 1 aliphatic heterocycles. The minimum absolute atomic E-state index is 0.146. The lowest BCUT2D eigenvalue weighted by Crippen LogP contribution is -2.43. The number of morpholine rings is 1. The zero-order chi connectivity index (χ0) is 12.0. The Hall–Kier alpha value is -0.210. The van der Waals surface area contributed by atoms with Gasteiger partial charge in [0, 0.05) is 32.7 Å². The molecule has 96 valence electrons. The molecule has 0 aromatic rings. The molecule has 0 aliphatic carbocycles. The van der Waals surface area contributed by atoms with E-state index in [0.29, 0.717) is 6.54 Å². The minimum Gasteiger partial charge on any atom is -0.379 e. The van der Waals surface area contributed by atoms with Gasteiger partial charge in [0.1, 0.15) is 0 Å². The highest BCUT2D eigenvalue weighted by atomic mass is 32.2. The molecule has 1 saturated heterocycles. The first-order valence-corrected chi connectivity index (χ1v) is 7.09. The number of hydrogen-bond acceptors (Lipinski definition) is 5. The van der Waals surface area contributed by atoms with E-state index in [0.717, 1.165) is 32.8 Å². The minimum atomic E-state index is -3.24. The summed E-state index contributed by atoms with van der Waals surface area (Å²) in [6.07, 6.45) is 0. The van der Waals surface area contributed by atoms with Gasteiger partial charge in [-0.15, -0.1) is 0 Å². The first-order valence-electron chi connectivity index (χ1n) is 5.55. The number of hydrogen-bond donors (Lipinski definition) is 2. The summed E-state index contributed by atoms with van der Waals surface area (Å²) in [5.74, 6) is 0. The van der Waals surface area contributed by atoms with Crippen LogP contribution in [0.3, 0.4) is 0 Å². The van der Waals surface area contributed by atoms with E-state index in [-0.39, 0.29) is 6.54 Å². The van der Waals surface area contributed by atoms with Crippen LogP contribution in [0, 0.1) is 0 Å². The van der Waals surface area contributed by atoms with Gasteiger partial charge in [0.2, 0.25) is 10.0 Å². The maximum Gasteiger partial charge on any atom is 0.215 e. The summed E-state index contributed by atoms with van der Waals surface area (Å²) in [6, 6.07) is 0. The van der Waals surface area contributed by atoms with E-state index in [4.69, 9.17) is 10.5 Å². The molecule has 1 atom stereocenters. The normalized spacial score (nSPS) is 20.9. The molecule has 1 fully saturated rings. The molecule has 1 aliphatic rings. The summed E-state index contributed by atoms with van der Waals surface area (Å²) in [5.41, 5.74) is 5.33. The monoisotopic (exact) mass is 251 g/mol. The Bertz CT molecular complexity index is 288. The number of nitrogens with zero attached hydrogens (tertiary/aromatic N) is 1. The van der Waals surface area contributed by atoms with Crippen molar-refractivity contribution in [1.82, 2.24) is 9.62 Å². The number of sulfonamides is 1. The second kappa shape index (κ2) is 6.51. The van der Waals surface area contributed by atoms with Gasteiger partial charge in [-0.3, -0.25) is 4.90 Å². The lowest BCUT2D eigenvalue weighted by molar-refractivity contribution is 0.0390. The van der Waals surface area contributed by atoms with Crippen LogP contribution in [-0.2, 0) is 14.8 Å². The average molecular weight is 251 g/mol. The molecule has 0 spiro atoms. The van der Waals surface area contributed by atoms with E-state index >= 15 is 0 Å². The predicted molar refractivity (Wildman–Crippen MR) is 62.7 cm³/mol. The van der Waals surface area contributed by atoms with E-state index in [2.05, 4.69) is 9.62 Å². The molecule has 0 saturated carbocycles. The first kappa shape index (κ1) is 13.9. The van der Waals surface area contributed by atoms with Crippen molar-refractivity contribution < 1.29 is 13.2 Å². The maximum absolute atomic E-state index is 11.6. The third-order valence-electron chi connectivity index (χ3n) is 2.70. The molecule has 0 amide bonds. The Labute approximate surface area is 97.2 Å². The molecule has 3 N–H and O–H groups in total. The van der Waals surface area contributed by atoms with Crippen LogP contribution >= 0.6 is 0 Å². The molecular weight excluding hydrogens is 230 g/mol. The topological polar surface area (TPSA) is 84.7 Å². The van der Waals surface area contributed by atoms with Gasteiger partial charge in [0.15, 0.2) is 0 Å². The lowest BCUT2D eigenvalue weighted by atomic mass is 10.4. The smallest absolute Gasteiger partial charge is 0.215 e. The van der Waals surface area contributed by atoms with Crippen molar-refractivity contribution in [1.29, 1.82) is 0 Å². The van der Waals surface area contributed by atoms with E-state index in [1.807, 2.05) is 0 Å². The fourth-order valence-corrected chi connectivity index (χ4v) is 2.35. The lowest BCUT2D eigenvalue weighted by Gasteiger charge is -2.26. The van der Waals surface area contributed by atoms with Crippen LogP contribution in [0.2, 0.25) is 0 Å². The van der Waals surface area contributed by atoms with Crippen molar-refractivity contribution in [3.8, 4) is 0 Å². The molecule has 0 bridgehead atoms. The molecule has 6 nitrogen and oxygen atoms in total. The van der Waals surface area contributed by atoms with Crippen molar-refractivity contribution in [3.05, 3.63) is 0 Å². The van der Waals surface area contributed by atoms with E-state index in [1.165, 1.54) is 0 Å². The Morgan fingerprint density at radius 1 is 1.44 bits per heavy atom. The quantitative estimate of drug-likeness (QED) is 0.605. The summed E-state index contributed by atoms with van der Waals surface area (Å²) >= 11 is 0. The van der Waals surface area contributed by atoms with Gasteiger partial charge in [-0.25, -0.2) is 13.1 Å². The maximum atomic E-state index is 11.6. The summed E-state index contributed by atoms with van der Waals surface area (Å²) in [7, 11) is -3.24. The summed E-state index contributed by atoms with van der Waals surface area (Å²) in [5, 5.41) is -0.530. The van der Waals surface area contributed by atoms with Gasteiger partial charge >= 0.3 is 0 Å². The highest BCUT2D eigenvalue weighted by Gasteiger charge is 2.18. The Morgan fingerprint density at radius 2 is 2.06 bits per heavy atom. The molecule has 0 aromatic heterocycles. The van der Waals surface area contributed by atoms with Gasteiger partial charge in [-0.05, 0) is 6.92 Å². The standard InChI is InChI=1S/C9H21N3O3S/c1-9(8-10)16(13,14)11-2-3-12-4-6-15-7-5-12/h9,11H,2-8,10H2,1H3. The molecule has 1 rings (SSSR count). The van der Waals surface area contributed by atoms with E-state index < -0.39 is 15.3 Å². The highest BCUT2D eigenvalue weighted by Crippen LogP contribution is 1.97. The largest absolute Gasteiger partial charge is 0.379 e. The molecule has 1 heterocycles. The van der Waals surface area contributed by atoms with E-state index in [9.17, 15) is 8.42 Å². The molecule has 0 aromatic carbocycles. The molecule has 0 radical (unpaired) electrons. The van der Waals surface area contributed by atoms with Gasteiger partial charge < -0.3 is 10.5 Å². The fraction of sp³-hybridized carbons (Fsp3) is 1.00. The van der Waals surface area contributed by atoms with Crippen molar-refractivity contribution in [3.63, 3.8) is 0 Å². The van der Waals surface area contributed by atoms with Gasteiger partial charge in [-0.2, -0.15) is 0 Å². The van der Waals surface area contributed by atoms with Gasteiger partial charge in [0.05, 0.1) is 18.5 Å². The predicted octanol–water partition coefficient (Wildman–Crippen LogP) is -1.41. The van der Waals surface area contributed by atoms with Crippen LogP contribution in [0.25, 0.3) is 0 Å². The second-order valence-electron chi connectivity index (χ2n) is 3.94. The van der Waals surface area contributed by atoms with Crippen molar-refractivity contribution >= 4 is 10.0 Å². The van der Waals surface area contributed by atoms with Crippen molar-refractivity contribution in [2.75, 3.05) is 45.9 Å². The zero-order valence-electron chi connectivity index (χ0n) is 9.68. The number of ether oxygens (including phenoxy) is 1. The third-order valence-corrected chi connectivity index (χ3v) is 4.56. The summed E-state index contributed by atoms with van der Waals surface area (Å²) in [4.78, 5) is 2.18. The SMILES string of the molecule is CC(CN)S(=O)(=O)NCCN1CCOCC1. The van der Waals surface area contributed by atoms with Crippen LogP contribution in [0.5, 0.6) is 0 Å². The molecule has 1 unspecified atom stereocenters. The molecule has 7 heteroatoms. The van der Waals surface area contributed by atoms with Crippen molar-refractivity contribution in [2.45, 2.75) is 12.2 Å². The number of nitrogens with one attached hydrogen (secondary N) is 1. The number of nitrogens with two attached hydrogens (primary N) is 1. The summed E-state index contributed by atoms with van der Waals surface area (Å²) < 4.78 is 30.9. The van der Waals surface area contributed by atoms with Crippen LogP contribution in [-0.4, -0.2) is 64.5 Å². The van der Waals surface area contributed by atoms with Gasteiger partial charge in [-0.1, -0.05) is 0 Å². The third kappa shape index (κ3) is 4.34. The molecule has 16 heavy (non-hydrogen) atoms. The van der Waals surface area contributed by atoms with Gasteiger partial charge in [0.25, 0.3) is 0 Å². The Kier molecular flexibility index (Phi) is 5.63. The van der Waals surface area contributed by atoms with Crippen LogP contribution in [0.4, 0.5) is 0 Å². The molecular formula is C9H21N3O3S. The van der Waals surface area contributed by atoms with E-state index in [1.54, 1.807) is 6.92 Å². The fourth-order valence-electron chi connectivity index (χ4n) is 1.44. The highest BCUT2D eigenvalue weighted by molar-refractivity contribution is 7.90. The van der Waals surface area contributed by atoms with Crippen LogP contribution < -0.4 is 10.5 Å². The van der Waals surface area contributed by atoms with Crippen molar-refractivity contribution in [2.24, 2.45) is 5.73 Å². The van der Waals surface area contributed by atoms with Crippen LogP contribution in [0.1, 0.15) is 6.92 Å². The Morgan fingerprint density at radius 3 is 2.62 bits per heavy atom. The number of rotatable bonds is 6. The van der Waals surface area contributed by atoms with Crippen LogP contribution in [0.15, 0.2) is 0 Å². The average Bonchev–Trinajstić information content (AvgIpc) is 2.29. The Balaban J connectivity index is 2.23. The summed E-state index contributed by atoms with van der Waals surface area (Å²) in [6.45, 7) is 6.11.